The van der Waals surface area contributed by atoms with Gasteiger partial charge in [0.25, 0.3) is 5.69 Å². The van der Waals surface area contributed by atoms with Crippen molar-refractivity contribution in [2.75, 3.05) is 0 Å². The van der Waals surface area contributed by atoms with E-state index in [0.29, 0.717) is 12.1 Å². The minimum atomic E-state index is -4.82. The maximum absolute atomic E-state index is 12.6. The van der Waals surface area contributed by atoms with Gasteiger partial charge < -0.3 is 0 Å². The quantitative estimate of drug-likeness (QED) is 0.357. The van der Waals surface area contributed by atoms with Crippen LogP contribution in [-0.2, 0) is 11.0 Å². The van der Waals surface area contributed by atoms with Crippen molar-refractivity contribution in [2.45, 2.75) is 20.0 Å². The summed E-state index contributed by atoms with van der Waals surface area (Å²) in [7, 11) is 0. The third-order valence-electron chi connectivity index (χ3n) is 3.03. The van der Waals surface area contributed by atoms with Crippen LogP contribution in [0.2, 0.25) is 0 Å². The van der Waals surface area contributed by atoms with E-state index in [9.17, 15) is 32.9 Å². The summed E-state index contributed by atoms with van der Waals surface area (Å²) in [6, 6.07) is 2.77. The van der Waals surface area contributed by atoms with Gasteiger partial charge in [-0.05, 0) is 12.1 Å². The van der Waals surface area contributed by atoms with Gasteiger partial charge in [0.2, 0.25) is 0 Å². The lowest BCUT2D eigenvalue weighted by atomic mass is 9.88. The number of hydrogen-bond acceptors (Lipinski definition) is 5. The summed E-state index contributed by atoms with van der Waals surface area (Å²) in [6.07, 6.45) is -4.82. The number of halogens is 3. The van der Waals surface area contributed by atoms with Gasteiger partial charge >= 0.3 is 6.18 Å². The molecule has 1 aromatic rings. The van der Waals surface area contributed by atoms with E-state index in [-0.39, 0.29) is 6.07 Å². The van der Waals surface area contributed by atoms with Crippen molar-refractivity contribution in [1.29, 1.82) is 5.26 Å². The molecule has 23 heavy (non-hydrogen) atoms. The molecule has 0 N–H and O–H groups in total. The van der Waals surface area contributed by atoms with E-state index in [1.807, 2.05) is 0 Å². The normalized spacial score (nSPS) is 12.6. The smallest absolute Gasteiger partial charge is 0.297 e. The van der Waals surface area contributed by atoms with Crippen LogP contribution < -0.4 is 0 Å². The topological polar surface area (TPSA) is 101 Å². The highest BCUT2D eigenvalue weighted by Crippen LogP contribution is 2.33. The molecule has 0 aliphatic heterocycles. The maximum atomic E-state index is 12.6. The Kier molecular flexibility index (Phi) is 5.22. The number of nitro groups is 1. The van der Waals surface area contributed by atoms with Crippen LogP contribution in [0.15, 0.2) is 18.2 Å². The molecule has 1 atom stereocenters. The molecule has 0 heterocycles. The minimum Gasteiger partial charge on any atom is -0.297 e. The summed E-state index contributed by atoms with van der Waals surface area (Å²) in [5.41, 5.74) is -3.10. The molecule has 0 radical (unpaired) electrons. The molecule has 0 aliphatic carbocycles. The average molecular weight is 328 g/mol. The number of benzene rings is 1. The molecule has 1 rings (SSSR count). The van der Waals surface area contributed by atoms with Crippen LogP contribution in [0, 0.1) is 33.3 Å². The second-order valence-electron chi connectivity index (χ2n) is 4.97. The first kappa shape index (κ1) is 18.3. The average Bonchev–Trinajstić information content (AvgIpc) is 2.45. The zero-order chi connectivity index (χ0) is 17.9. The van der Waals surface area contributed by atoms with Crippen LogP contribution in [0.25, 0.3) is 0 Å². The number of alkyl halides is 3. The number of rotatable bonds is 5. The minimum absolute atomic E-state index is 0.210. The Morgan fingerprint density at radius 2 is 1.87 bits per heavy atom. The van der Waals surface area contributed by atoms with Crippen molar-refractivity contribution >= 4 is 17.3 Å². The molecule has 0 amide bonds. The molecule has 9 heteroatoms. The molecule has 0 aromatic heterocycles. The molecule has 0 bridgehead atoms. The van der Waals surface area contributed by atoms with Gasteiger partial charge in [-0.25, -0.2) is 0 Å². The molecule has 0 saturated carbocycles. The highest BCUT2D eigenvalue weighted by molar-refractivity contribution is 6.14. The fraction of sp³-hybridized carbons (Fsp3) is 0.357. The van der Waals surface area contributed by atoms with Gasteiger partial charge in [0.15, 0.2) is 17.5 Å². The van der Waals surface area contributed by atoms with Crippen molar-refractivity contribution in [2.24, 2.45) is 11.8 Å². The van der Waals surface area contributed by atoms with E-state index in [2.05, 4.69) is 0 Å². The van der Waals surface area contributed by atoms with E-state index >= 15 is 0 Å². The van der Waals surface area contributed by atoms with Crippen molar-refractivity contribution in [1.82, 2.24) is 0 Å². The molecule has 6 nitrogen and oxygen atoms in total. The Bertz CT molecular complexity index is 705. The van der Waals surface area contributed by atoms with Gasteiger partial charge in [-0.1, -0.05) is 13.8 Å². The van der Waals surface area contributed by atoms with Crippen LogP contribution in [-0.4, -0.2) is 16.5 Å². The summed E-state index contributed by atoms with van der Waals surface area (Å²) < 4.78 is 37.8. The van der Waals surface area contributed by atoms with Crippen LogP contribution in [0.3, 0.4) is 0 Å². The third kappa shape index (κ3) is 3.91. The monoisotopic (exact) mass is 328 g/mol. The lowest BCUT2D eigenvalue weighted by Gasteiger charge is -2.11. The van der Waals surface area contributed by atoms with Crippen molar-refractivity contribution in [3.63, 3.8) is 0 Å². The molecule has 1 aromatic carbocycles. The summed E-state index contributed by atoms with van der Waals surface area (Å²) in [5, 5.41) is 19.9. The van der Waals surface area contributed by atoms with E-state index in [4.69, 9.17) is 5.26 Å². The largest absolute Gasteiger partial charge is 0.416 e. The number of carbonyl (C=O) groups excluding carboxylic acids is 2. The number of nitro benzene ring substituents is 1. The SMILES string of the molecule is CC(C)C(=O)C(C#N)C(=O)c1ccc(C(F)(F)F)cc1[N+](=O)[O-]. The molecule has 0 saturated heterocycles. The second kappa shape index (κ2) is 6.56. The Morgan fingerprint density at radius 3 is 2.26 bits per heavy atom. The van der Waals surface area contributed by atoms with Gasteiger partial charge in [0.1, 0.15) is 0 Å². The van der Waals surface area contributed by atoms with Gasteiger partial charge in [0, 0.05) is 12.0 Å². The number of Topliss-reactive ketones (excluding diaryl/α,β-unsaturated/α-hetero) is 2. The Morgan fingerprint density at radius 1 is 1.30 bits per heavy atom. The lowest BCUT2D eigenvalue weighted by molar-refractivity contribution is -0.385. The fourth-order valence-electron chi connectivity index (χ4n) is 1.81. The highest BCUT2D eigenvalue weighted by atomic mass is 19.4. The van der Waals surface area contributed by atoms with Crippen molar-refractivity contribution in [3.05, 3.63) is 39.4 Å². The number of ketones is 2. The maximum Gasteiger partial charge on any atom is 0.416 e. The van der Waals surface area contributed by atoms with Gasteiger partial charge in [0.05, 0.1) is 22.1 Å². The van der Waals surface area contributed by atoms with Crippen molar-refractivity contribution < 1.29 is 27.7 Å². The van der Waals surface area contributed by atoms with Gasteiger partial charge in [-0.2, -0.15) is 18.4 Å². The van der Waals surface area contributed by atoms with Crippen LogP contribution >= 0.6 is 0 Å². The van der Waals surface area contributed by atoms with E-state index in [1.165, 1.54) is 19.9 Å². The number of carbonyl (C=O) groups is 2. The first-order chi connectivity index (χ1) is 10.5. The molecular formula is C14H11F3N2O4. The summed E-state index contributed by atoms with van der Waals surface area (Å²) >= 11 is 0. The summed E-state index contributed by atoms with van der Waals surface area (Å²) in [6.45, 7) is 2.86. The number of hydrogen-bond donors (Lipinski definition) is 0. The predicted octanol–water partition coefficient (Wildman–Crippen LogP) is 3.16. The number of nitriles is 1. The standard InChI is InChI=1S/C14H11F3N2O4/c1-7(2)12(20)10(6-18)13(21)9-4-3-8(14(15,16)17)5-11(9)19(22)23/h3-5,7,10H,1-2H3. The van der Waals surface area contributed by atoms with Crippen LogP contribution in [0.5, 0.6) is 0 Å². The Labute approximate surface area is 128 Å². The molecule has 0 fully saturated rings. The van der Waals surface area contributed by atoms with Gasteiger partial charge in [-0.15, -0.1) is 0 Å². The lowest BCUT2D eigenvalue weighted by Crippen LogP contribution is -2.27. The van der Waals surface area contributed by atoms with Crippen LogP contribution in [0.1, 0.15) is 29.8 Å². The van der Waals surface area contributed by atoms with Gasteiger partial charge in [-0.3, -0.25) is 19.7 Å². The number of nitrogens with zero attached hydrogens (tertiary/aromatic N) is 2. The Balaban J connectivity index is 3.42. The van der Waals surface area contributed by atoms with E-state index < -0.39 is 51.3 Å². The van der Waals surface area contributed by atoms with E-state index in [1.54, 1.807) is 0 Å². The molecule has 0 aliphatic rings. The summed E-state index contributed by atoms with van der Waals surface area (Å²) in [5.74, 6) is -4.43. The molecule has 122 valence electrons. The highest BCUT2D eigenvalue weighted by Gasteiger charge is 2.37. The Hall–Kier alpha value is -2.76. The first-order valence-electron chi connectivity index (χ1n) is 6.33. The first-order valence-corrected chi connectivity index (χ1v) is 6.33. The third-order valence-corrected chi connectivity index (χ3v) is 3.03. The van der Waals surface area contributed by atoms with Crippen molar-refractivity contribution in [3.8, 4) is 6.07 Å². The molecular weight excluding hydrogens is 317 g/mol. The zero-order valence-corrected chi connectivity index (χ0v) is 12.0. The summed E-state index contributed by atoms with van der Waals surface area (Å²) in [4.78, 5) is 33.8. The van der Waals surface area contributed by atoms with E-state index in [0.717, 1.165) is 0 Å². The van der Waals surface area contributed by atoms with Crippen LogP contribution in [0.4, 0.5) is 18.9 Å². The molecule has 1 unspecified atom stereocenters. The second-order valence-corrected chi connectivity index (χ2v) is 4.97. The predicted molar refractivity (Wildman–Crippen MR) is 71.4 cm³/mol. The zero-order valence-electron chi connectivity index (χ0n) is 12.0. The fourth-order valence-corrected chi connectivity index (χ4v) is 1.81. The molecule has 0 spiro atoms.